The number of aliphatic hydroxyl groups excluding tert-OH is 1. The van der Waals surface area contributed by atoms with Gasteiger partial charge in [0.05, 0.1) is 6.04 Å². The van der Waals surface area contributed by atoms with Gasteiger partial charge in [0.25, 0.3) is 5.91 Å². The van der Waals surface area contributed by atoms with Crippen molar-refractivity contribution in [3.8, 4) is 0 Å². The zero-order valence-corrected chi connectivity index (χ0v) is 13.2. The molecule has 0 heterocycles. The smallest absolute Gasteiger partial charge is 0.251 e. The van der Waals surface area contributed by atoms with Crippen molar-refractivity contribution < 1.29 is 14.7 Å². The van der Waals surface area contributed by atoms with Gasteiger partial charge in [0.15, 0.2) is 6.10 Å². The van der Waals surface area contributed by atoms with Gasteiger partial charge < -0.3 is 15.3 Å². The standard InChI is InChI=1S/C15H21ClN2O3/c1-10(2)18(9-19)11(3)14(20)15(21)17-8-12-5-4-6-13(16)7-12/h4-7,9-11,14,20H,8H2,1-3H3,(H,17,21). The van der Waals surface area contributed by atoms with Crippen molar-refractivity contribution in [2.75, 3.05) is 0 Å². The Labute approximate surface area is 129 Å². The Morgan fingerprint density at radius 2 is 2.10 bits per heavy atom. The number of amides is 2. The quantitative estimate of drug-likeness (QED) is 0.751. The summed E-state index contributed by atoms with van der Waals surface area (Å²) in [5, 5.41) is 13.3. The average molecular weight is 313 g/mol. The van der Waals surface area contributed by atoms with Crippen molar-refractivity contribution in [2.24, 2.45) is 0 Å². The number of carbonyl (C=O) groups excluding carboxylic acids is 2. The largest absolute Gasteiger partial charge is 0.381 e. The highest BCUT2D eigenvalue weighted by Crippen LogP contribution is 2.11. The van der Waals surface area contributed by atoms with Crippen molar-refractivity contribution in [1.82, 2.24) is 10.2 Å². The number of benzene rings is 1. The SMILES string of the molecule is CC(C)N(C=O)C(C)C(O)C(=O)NCc1cccc(Cl)c1. The summed E-state index contributed by atoms with van der Waals surface area (Å²) in [7, 11) is 0. The van der Waals surface area contributed by atoms with Crippen LogP contribution in [0.4, 0.5) is 0 Å². The fraction of sp³-hybridized carbons (Fsp3) is 0.467. The molecule has 0 fully saturated rings. The van der Waals surface area contributed by atoms with Crippen molar-refractivity contribution in [2.45, 2.75) is 45.5 Å². The molecule has 1 aromatic rings. The molecule has 0 aliphatic rings. The molecule has 2 amide bonds. The summed E-state index contributed by atoms with van der Waals surface area (Å²) in [4.78, 5) is 24.4. The van der Waals surface area contributed by atoms with Crippen molar-refractivity contribution in [1.29, 1.82) is 0 Å². The second-order valence-electron chi connectivity index (χ2n) is 5.18. The molecule has 0 bridgehead atoms. The van der Waals surface area contributed by atoms with Crippen LogP contribution in [-0.2, 0) is 16.1 Å². The number of halogens is 1. The van der Waals surface area contributed by atoms with Gasteiger partial charge in [-0.1, -0.05) is 23.7 Å². The van der Waals surface area contributed by atoms with Gasteiger partial charge in [-0.05, 0) is 38.5 Å². The Balaban J connectivity index is 2.60. The molecular weight excluding hydrogens is 292 g/mol. The summed E-state index contributed by atoms with van der Waals surface area (Å²) in [5.41, 5.74) is 0.840. The number of hydrogen-bond acceptors (Lipinski definition) is 3. The predicted octanol–water partition coefficient (Wildman–Crippen LogP) is 1.57. The van der Waals surface area contributed by atoms with Crippen molar-refractivity contribution in [3.05, 3.63) is 34.9 Å². The third-order valence-corrected chi connectivity index (χ3v) is 3.50. The third kappa shape index (κ3) is 5.02. The Morgan fingerprint density at radius 3 is 2.62 bits per heavy atom. The summed E-state index contributed by atoms with van der Waals surface area (Å²) < 4.78 is 0. The van der Waals surface area contributed by atoms with Gasteiger partial charge in [0.1, 0.15) is 0 Å². The fourth-order valence-corrected chi connectivity index (χ4v) is 2.22. The highest BCUT2D eigenvalue weighted by Gasteiger charge is 2.28. The zero-order chi connectivity index (χ0) is 16.0. The predicted molar refractivity (Wildman–Crippen MR) is 81.8 cm³/mol. The van der Waals surface area contributed by atoms with Crippen LogP contribution in [0.1, 0.15) is 26.3 Å². The van der Waals surface area contributed by atoms with Crippen LogP contribution in [-0.4, -0.2) is 40.5 Å². The second kappa shape index (κ2) is 8.00. The summed E-state index contributed by atoms with van der Waals surface area (Å²) >= 11 is 5.86. The first-order valence-electron chi connectivity index (χ1n) is 6.79. The Morgan fingerprint density at radius 1 is 1.43 bits per heavy atom. The van der Waals surface area contributed by atoms with Gasteiger partial charge in [-0.25, -0.2) is 0 Å². The topological polar surface area (TPSA) is 69.6 Å². The molecule has 6 heteroatoms. The van der Waals surface area contributed by atoms with Crippen molar-refractivity contribution in [3.63, 3.8) is 0 Å². The van der Waals surface area contributed by atoms with Crippen LogP contribution in [0.2, 0.25) is 5.02 Å². The van der Waals surface area contributed by atoms with E-state index in [0.29, 0.717) is 11.4 Å². The van der Waals surface area contributed by atoms with E-state index in [-0.39, 0.29) is 12.6 Å². The minimum absolute atomic E-state index is 0.0899. The van der Waals surface area contributed by atoms with Gasteiger partial charge in [0.2, 0.25) is 6.41 Å². The number of aliphatic hydroxyl groups is 1. The van der Waals surface area contributed by atoms with E-state index in [4.69, 9.17) is 11.6 Å². The maximum atomic E-state index is 11.9. The van der Waals surface area contributed by atoms with E-state index in [0.717, 1.165) is 5.56 Å². The molecule has 0 aliphatic heterocycles. The summed E-state index contributed by atoms with van der Waals surface area (Å²) in [5.74, 6) is -0.519. The summed E-state index contributed by atoms with van der Waals surface area (Å²) in [6.07, 6.45) is -0.639. The molecule has 2 N–H and O–H groups in total. The van der Waals surface area contributed by atoms with Gasteiger partial charge >= 0.3 is 0 Å². The van der Waals surface area contributed by atoms with Crippen molar-refractivity contribution >= 4 is 23.9 Å². The highest BCUT2D eigenvalue weighted by molar-refractivity contribution is 6.30. The molecule has 2 atom stereocenters. The summed E-state index contributed by atoms with van der Waals surface area (Å²) in [6, 6.07) is 6.41. The minimum Gasteiger partial charge on any atom is -0.381 e. The Bertz CT molecular complexity index is 494. The third-order valence-electron chi connectivity index (χ3n) is 3.27. The van der Waals surface area contributed by atoms with Gasteiger partial charge in [-0.2, -0.15) is 0 Å². The maximum absolute atomic E-state index is 11.9. The lowest BCUT2D eigenvalue weighted by Crippen LogP contribution is -2.50. The fourth-order valence-electron chi connectivity index (χ4n) is 2.01. The first kappa shape index (κ1) is 17.5. The van der Waals surface area contributed by atoms with Crippen LogP contribution >= 0.6 is 11.6 Å². The maximum Gasteiger partial charge on any atom is 0.251 e. The molecule has 0 spiro atoms. The highest BCUT2D eigenvalue weighted by atomic mass is 35.5. The second-order valence-corrected chi connectivity index (χ2v) is 5.62. The van der Waals surface area contributed by atoms with E-state index in [2.05, 4.69) is 5.32 Å². The van der Waals surface area contributed by atoms with Crippen LogP contribution < -0.4 is 5.32 Å². The van der Waals surface area contributed by atoms with E-state index >= 15 is 0 Å². The number of rotatable bonds is 7. The van der Waals surface area contributed by atoms with E-state index < -0.39 is 18.1 Å². The molecule has 21 heavy (non-hydrogen) atoms. The van der Waals surface area contributed by atoms with Gasteiger partial charge in [0, 0.05) is 17.6 Å². The van der Waals surface area contributed by atoms with Crippen LogP contribution in [0.5, 0.6) is 0 Å². The van der Waals surface area contributed by atoms with E-state index in [9.17, 15) is 14.7 Å². The van der Waals surface area contributed by atoms with Crippen LogP contribution in [0.3, 0.4) is 0 Å². The van der Waals surface area contributed by atoms with Crippen LogP contribution in [0.15, 0.2) is 24.3 Å². The molecule has 2 unspecified atom stereocenters. The van der Waals surface area contributed by atoms with E-state index in [1.165, 1.54) is 4.90 Å². The molecule has 116 valence electrons. The molecule has 5 nitrogen and oxygen atoms in total. The molecule has 0 aliphatic carbocycles. The molecule has 1 aromatic carbocycles. The lowest BCUT2D eigenvalue weighted by atomic mass is 10.1. The zero-order valence-electron chi connectivity index (χ0n) is 12.4. The molecule has 0 radical (unpaired) electrons. The number of nitrogens with one attached hydrogen (secondary N) is 1. The molecule has 0 aromatic heterocycles. The number of hydrogen-bond donors (Lipinski definition) is 2. The van der Waals surface area contributed by atoms with Crippen LogP contribution in [0, 0.1) is 0 Å². The molecule has 0 saturated heterocycles. The monoisotopic (exact) mass is 312 g/mol. The average Bonchev–Trinajstić information content (AvgIpc) is 2.44. The molecular formula is C15H21ClN2O3. The Hall–Kier alpha value is -1.59. The Kier molecular flexibility index (Phi) is 6.65. The van der Waals surface area contributed by atoms with E-state index in [1.54, 1.807) is 25.1 Å². The van der Waals surface area contributed by atoms with Gasteiger partial charge in [-0.15, -0.1) is 0 Å². The number of nitrogens with zero attached hydrogens (tertiary/aromatic N) is 1. The first-order chi connectivity index (χ1) is 9.86. The van der Waals surface area contributed by atoms with E-state index in [1.807, 2.05) is 19.9 Å². The molecule has 0 saturated carbocycles. The first-order valence-corrected chi connectivity index (χ1v) is 7.17. The van der Waals surface area contributed by atoms with Gasteiger partial charge in [-0.3, -0.25) is 9.59 Å². The normalized spacial score (nSPS) is 13.6. The summed E-state index contributed by atoms with van der Waals surface area (Å²) in [6.45, 7) is 5.55. The number of carbonyl (C=O) groups is 2. The van der Waals surface area contributed by atoms with Crippen LogP contribution in [0.25, 0.3) is 0 Å². The lowest BCUT2D eigenvalue weighted by molar-refractivity contribution is -0.136. The lowest BCUT2D eigenvalue weighted by Gasteiger charge is -2.31. The molecule has 1 rings (SSSR count). The minimum atomic E-state index is -1.28.